The highest BCUT2D eigenvalue weighted by Crippen LogP contribution is 2.58. The third kappa shape index (κ3) is 4.31. The summed E-state index contributed by atoms with van der Waals surface area (Å²) in [4.78, 5) is 10.3. The molecule has 7 aromatic carbocycles. The first-order valence-electron chi connectivity index (χ1n) is 16.7. The Kier molecular flexibility index (Phi) is 5.89. The van der Waals surface area contributed by atoms with Crippen molar-refractivity contribution >= 4 is 21.5 Å². The normalized spacial score (nSPS) is 13.6. The maximum absolute atomic E-state index is 6.78. The summed E-state index contributed by atoms with van der Waals surface area (Å²) in [7, 11) is 0. The van der Waals surface area contributed by atoms with Crippen molar-refractivity contribution in [3.8, 4) is 68.0 Å². The van der Waals surface area contributed by atoms with Gasteiger partial charge >= 0.3 is 0 Å². The number of fused-ring (bicyclic) bond motifs is 9. The van der Waals surface area contributed by atoms with Gasteiger partial charge in [0.05, 0.1) is 11.4 Å². The predicted octanol–water partition coefficient (Wildman–Crippen LogP) is 12.0. The third-order valence-corrected chi connectivity index (χ3v) is 10.1. The molecule has 0 fully saturated rings. The Morgan fingerprint density at radius 2 is 1.18 bits per heavy atom. The standard InChI is InChI=1S/C45H30N2O2/c1-45(2)35-15-9-8-14-34(35)42-36(45)21-23-40-43(42)49-41-25-30(19-22-39(41)48-40)38-26-37(28-11-4-3-5-12-28)46-44(47-38)31-18-20-33-29(24-31)17-16-27-10-6-7-13-32(27)33/h3-26H,1-2H3. The molecule has 0 bridgehead atoms. The highest BCUT2D eigenvalue weighted by Gasteiger charge is 2.39. The average molecular weight is 631 g/mol. The molecule has 2 heterocycles. The van der Waals surface area contributed by atoms with Crippen molar-refractivity contribution in [2.24, 2.45) is 0 Å². The molecule has 49 heavy (non-hydrogen) atoms. The maximum Gasteiger partial charge on any atom is 0.178 e. The van der Waals surface area contributed by atoms with Crippen molar-refractivity contribution < 1.29 is 9.47 Å². The summed E-state index contributed by atoms with van der Waals surface area (Å²) in [5.41, 5.74) is 9.29. The first-order valence-corrected chi connectivity index (χ1v) is 16.7. The Bertz CT molecular complexity index is 2640. The number of rotatable bonds is 3. The molecule has 0 amide bonds. The Hall–Kier alpha value is -6.26. The monoisotopic (exact) mass is 630 g/mol. The van der Waals surface area contributed by atoms with Crippen molar-refractivity contribution in [2.75, 3.05) is 0 Å². The first kappa shape index (κ1) is 27.8. The molecule has 4 nitrogen and oxygen atoms in total. The van der Waals surface area contributed by atoms with Gasteiger partial charge in [0.2, 0.25) is 0 Å². The van der Waals surface area contributed by atoms with Gasteiger partial charge in [0.15, 0.2) is 28.8 Å². The van der Waals surface area contributed by atoms with Gasteiger partial charge in [0, 0.05) is 27.7 Å². The molecule has 232 valence electrons. The van der Waals surface area contributed by atoms with Crippen molar-refractivity contribution in [3.05, 3.63) is 157 Å². The molecule has 0 atom stereocenters. The van der Waals surface area contributed by atoms with Gasteiger partial charge in [0.25, 0.3) is 0 Å². The Morgan fingerprint density at radius 3 is 2.08 bits per heavy atom. The number of benzene rings is 7. The maximum atomic E-state index is 6.78. The van der Waals surface area contributed by atoms with E-state index in [1.165, 1.54) is 32.8 Å². The minimum atomic E-state index is -0.131. The zero-order chi connectivity index (χ0) is 32.7. The van der Waals surface area contributed by atoms with E-state index in [1.54, 1.807) is 0 Å². The first-order chi connectivity index (χ1) is 24.0. The number of ether oxygens (including phenoxy) is 2. The van der Waals surface area contributed by atoms with E-state index in [0.29, 0.717) is 17.3 Å². The van der Waals surface area contributed by atoms with E-state index in [2.05, 4.69) is 117 Å². The second-order valence-corrected chi connectivity index (χ2v) is 13.4. The van der Waals surface area contributed by atoms with E-state index >= 15 is 0 Å². The van der Waals surface area contributed by atoms with Crippen LogP contribution in [-0.2, 0) is 5.41 Å². The Labute approximate surface area is 284 Å². The number of hydrogen-bond acceptors (Lipinski definition) is 4. The zero-order valence-corrected chi connectivity index (χ0v) is 27.1. The quantitative estimate of drug-likeness (QED) is 0.182. The second kappa shape index (κ2) is 10.4. The van der Waals surface area contributed by atoms with E-state index < -0.39 is 0 Å². The van der Waals surface area contributed by atoms with Crippen LogP contribution in [0.3, 0.4) is 0 Å². The minimum Gasteiger partial charge on any atom is -0.449 e. The summed E-state index contributed by atoms with van der Waals surface area (Å²) in [6, 6.07) is 50.6. The van der Waals surface area contributed by atoms with E-state index in [-0.39, 0.29) is 5.41 Å². The molecule has 8 aromatic rings. The lowest BCUT2D eigenvalue weighted by Gasteiger charge is -2.25. The van der Waals surface area contributed by atoms with Crippen LogP contribution in [0.2, 0.25) is 0 Å². The molecule has 1 aliphatic heterocycles. The Morgan fingerprint density at radius 1 is 0.469 bits per heavy atom. The van der Waals surface area contributed by atoms with Crippen LogP contribution in [0.25, 0.3) is 66.6 Å². The van der Waals surface area contributed by atoms with Gasteiger partial charge in [0.1, 0.15) is 0 Å². The molecule has 0 saturated heterocycles. The van der Waals surface area contributed by atoms with Crippen LogP contribution in [0.1, 0.15) is 25.0 Å². The highest BCUT2D eigenvalue weighted by atomic mass is 16.6. The van der Waals surface area contributed by atoms with Crippen LogP contribution in [0, 0.1) is 0 Å². The molecule has 0 saturated carbocycles. The van der Waals surface area contributed by atoms with Crippen molar-refractivity contribution in [1.82, 2.24) is 9.97 Å². The molecule has 0 spiro atoms. The largest absolute Gasteiger partial charge is 0.449 e. The summed E-state index contributed by atoms with van der Waals surface area (Å²) in [6.07, 6.45) is 0. The van der Waals surface area contributed by atoms with Gasteiger partial charge in [-0.2, -0.15) is 0 Å². The van der Waals surface area contributed by atoms with Gasteiger partial charge in [-0.05, 0) is 74.6 Å². The summed E-state index contributed by atoms with van der Waals surface area (Å²) < 4.78 is 13.3. The minimum absolute atomic E-state index is 0.131. The van der Waals surface area contributed by atoms with Gasteiger partial charge < -0.3 is 9.47 Å². The van der Waals surface area contributed by atoms with Crippen LogP contribution in [0.4, 0.5) is 0 Å². The fraction of sp³-hybridized carbons (Fsp3) is 0.0667. The lowest BCUT2D eigenvalue weighted by atomic mass is 9.82. The number of aromatic nitrogens is 2. The molecule has 0 unspecified atom stereocenters. The average Bonchev–Trinajstić information content (AvgIpc) is 3.40. The number of nitrogens with zero attached hydrogens (tertiary/aromatic N) is 2. The molecule has 0 N–H and O–H groups in total. The van der Waals surface area contributed by atoms with Gasteiger partial charge in [-0.25, -0.2) is 9.97 Å². The molecule has 2 aliphatic rings. The van der Waals surface area contributed by atoms with Crippen molar-refractivity contribution in [2.45, 2.75) is 19.3 Å². The second-order valence-electron chi connectivity index (χ2n) is 13.4. The Balaban J connectivity index is 1.10. The summed E-state index contributed by atoms with van der Waals surface area (Å²) in [6.45, 7) is 4.54. The van der Waals surface area contributed by atoms with Gasteiger partial charge in [-0.15, -0.1) is 0 Å². The summed E-state index contributed by atoms with van der Waals surface area (Å²) in [5.74, 6) is 3.51. The smallest absolute Gasteiger partial charge is 0.178 e. The lowest BCUT2D eigenvalue weighted by Crippen LogP contribution is -2.15. The van der Waals surface area contributed by atoms with Crippen LogP contribution >= 0.6 is 0 Å². The van der Waals surface area contributed by atoms with Gasteiger partial charge in [-0.1, -0.05) is 123 Å². The van der Waals surface area contributed by atoms with Gasteiger partial charge in [-0.3, -0.25) is 0 Å². The molecule has 4 heteroatoms. The van der Waals surface area contributed by atoms with Crippen LogP contribution < -0.4 is 9.47 Å². The van der Waals surface area contributed by atoms with Crippen LogP contribution in [-0.4, -0.2) is 9.97 Å². The van der Waals surface area contributed by atoms with Crippen molar-refractivity contribution in [3.63, 3.8) is 0 Å². The number of hydrogen-bond donors (Lipinski definition) is 0. The van der Waals surface area contributed by atoms with Crippen LogP contribution in [0.15, 0.2) is 146 Å². The van der Waals surface area contributed by atoms with E-state index in [4.69, 9.17) is 19.4 Å². The fourth-order valence-electron chi connectivity index (χ4n) is 7.62. The summed E-state index contributed by atoms with van der Waals surface area (Å²) >= 11 is 0. The van der Waals surface area contributed by atoms with E-state index in [0.717, 1.165) is 50.5 Å². The molecule has 10 rings (SSSR count). The molecular formula is C45H30N2O2. The highest BCUT2D eigenvalue weighted by molar-refractivity contribution is 6.08. The fourth-order valence-corrected chi connectivity index (χ4v) is 7.62. The van der Waals surface area contributed by atoms with Crippen LogP contribution in [0.5, 0.6) is 23.0 Å². The molecule has 1 aromatic heterocycles. The molecular weight excluding hydrogens is 601 g/mol. The topological polar surface area (TPSA) is 44.2 Å². The summed E-state index contributed by atoms with van der Waals surface area (Å²) in [5, 5.41) is 4.83. The third-order valence-electron chi connectivity index (χ3n) is 10.1. The van der Waals surface area contributed by atoms with Crippen molar-refractivity contribution in [1.29, 1.82) is 0 Å². The molecule has 0 radical (unpaired) electrons. The van der Waals surface area contributed by atoms with E-state index in [1.807, 2.05) is 42.5 Å². The predicted molar refractivity (Wildman–Crippen MR) is 198 cm³/mol. The lowest BCUT2D eigenvalue weighted by molar-refractivity contribution is 0.360. The zero-order valence-electron chi connectivity index (χ0n) is 27.1. The van der Waals surface area contributed by atoms with E-state index in [9.17, 15) is 0 Å². The molecule has 1 aliphatic carbocycles. The SMILES string of the molecule is CC1(C)c2ccccc2-c2c1ccc1c2Oc2cc(-c3cc(-c4ccccc4)nc(-c4ccc5c(ccc6ccccc65)c4)n3)ccc2O1.